The van der Waals surface area contributed by atoms with Crippen molar-refractivity contribution in [2.45, 2.75) is 32.4 Å². The molecular weight excluding hydrogens is 364 g/mol. The number of likely N-dealkylation sites (N-methyl/N-ethyl adjacent to an activating group) is 1. The molecule has 0 spiro atoms. The van der Waals surface area contributed by atoms with Crippen LogP contribution in [0.4, 0.5) is 0 Å². The highest BCUT2D eigenvalue weighted by molar-refractivity contribution is 7.91. The van der Waals surface area contributed by atoms with E-state index in [1.54, 1.807) is 31.3 Å². The highest BCUT2D eigenvalue weighted by Crippen LogP contribution is 2.19. The van der Waals surface area contributed by atoms with Crippen LogP contribution in [0.25, 0.3) is 0 Å². The molecule has 0 radical (unpaired) electrons. The van der Waals surface area contributed by atoms with Crippen molar-refractivity contribution in [3.8, 4) is 0 Å². The Morgan fingerprint density at radius 3 is 2.32 bits per heavy atom. The monoisotopic (exact) mass is 386 g/mol. The smallest absolute Gasteiger partial charge is 0.251 e. The van der Waals surface area contributed by atoms with Gasteiger partial charge in [0.25, 0.3) is 5.91 Å². The standard InChI is InChI=1S/C17H23ClN2O4S/c1-11(2)15(19-16(21)12-4-6-13(18)7-5-12)17(22)20(3)14-8-9-25(23,24)10-14/h4-7,11,14-15H,8-10H2,1-3H3,(H,19,21). The fraction of sp³-hybridized carbons (Fsp3) is 0.529. The van der Waals surface area contributed by atoms with E-state index >= 15 is 0 Å². The molecular formula is C17H23ClN2O4S. The van der Waals surface area contributed by atoms with Gasteiger partial charge >= 0.3 is 0 Å². The molecule has 1 aliphatic heterocycles. The summed E-state index contributed by atoms with van der Waals surface area (Å²) in [5, 5.41) is 3.28. The van der Waals surface area contributed by atoms with E-state index in [9.17, 15) is 18.0 Å². The van der Waals surface area contributed by atoms with Crippen LogP contribution in [0.2, 0.25) is 5.02 Å². The van der Waals surface area contributed by atoms with Gasteiger partial charge in [0.2, 0.25) is 5.91 Å². The third-order valence-electron chi connectivity index (χ3n) is 4.43. The molecule has 1 saturated heterocycles. The van der Waals surface area contributed by atoms with Crippen molar-refractivity contribution in [1.82, 2.24) is 10.2 Å². The van der Waals surface area contributed by atoms with Gasteiger partial charge in [0, 0.05) is 23.7 Å². The molecule has 2 atom stereocenters. The number of benzene rings is 1. The van der Waals surface area contributed by atoms with E-state index in [0.29, 0.717) is 17.0 Å². The number of carbonyl (C=O) groups excluding carboxylic acids is 2. The second-order valence-corrected chi connectivity index (χ2v) is 9.37. The van der Waals surface area contributed by atoms with Crippen molar-refractivity contribution in [2.24, 2.45) is 5.92 Å². The van der Waals surface area contributed by atoms with Gasteiger partial charge in [-0.3, -0.25) is 9.59 Å². The number of rotatable bonds is 5. The van der Waals surface area contributed by atoms with Crippen LogP contribution in [0.5, 0.6) is 0 Å². The minimum absolute atomic E-state index is 0.0226. The zero-order valence-corrected chi connectivity index (χ0v) is 16.1. The Morgan fingerprint density at radius 1 is 1.24 bits per heavy atom. The van der Waals surface area contributed by atoms with Gasteiger partial charge in [0.1, 0.15) is 6.04 Å². The molecule has 1 fully saturated rings. The van der Waals surface area contributed by atoms with Crippen LogP contribution in [0.3, 0.4) is 0 Å². The van der Waals surface area contributed by atoms with Crippen LogP contribution in [-0.2, 0) is 14.6 Å². The predicted octanol–water partition coefficient (Wildman–Crippen LogP) is 1.74. The van der Waals surface area contributed by atoms with Crippen molar-refractivity contribution in [1.29, 1.82) is 0 Å². The first-order chi connectivity index (χ1) is 11.6. The molecule has 25 heavy (non-hydrogen) atoms. The Morgan fingerprint density at radius 2 is 1.84 bits per heavy atom. The largest absolute Gasteiger partial charge is 0.340 e. The van der Waals surface area contributed by atoms with Gasteiger partial charge in [-0.15, -0.1) is 0 Å². The summed E-state index contributed by atoms with van der Waals surface area (Å²) < 4.78 is 23.3. The van der Waals surface area contributed by atoms with Gasteiger partial charge in [0.05, 0.1) is 11.5 Å². The van der Waals surface area contributed by atoms with Crippen molar-refractivity contribution >= 4 is 33.3 Å². The Hall–Kier alpha value is -1.60. The van der Waals surface area contributed by atoms with Gasteiger partial charge in [-0.25, -0.2) is 8.42 Å². The second-order valence-electron chi connectivity index (χ2n) is 6.71. The molecule has 1 N–H and O–H groups in total. The molecule has 0 aromatic heterocycles. The van der Waals surface area contributed by atoms with E-state index in [1.807, 2.05) is 13.8 Å². The zero-order chi connectivity index (χ0) is 18.8. The van der Waals surface area contributed by atoms with Crippen LogP contribution >= 0.6 is 11.6 Å². The molecule has 2 unspecified atom stereocenters. The summed E-state index contributed by atoms with van der Waals surface area (Å²) in [5.41, 5.74) is 0.411. The lowest BCUT2D eigenvalue weighted by Gasteiger charge is -2.30. The summed E-state index contributed by atoms with van der Waals surface area (Å²) in [5.74, 6) is -0.705. The van der Waals surface area contributed by atoms with Gasteiger partial charge in [0.15, 0.2) is 9.84 Å². The van der Waals surface area contributed by atoms with Crippen LogP contribution < -0.4 is 5.32 Å². The molecule has 6 nitrogen and oxygen atoms in total. The summed E-state index contributed by atoms with van der Waals surface area (Å²) in [6.45, 7) is 3.67. The predicted molar refractivity (Wildman–Crippen MR) is 97.4 cm³/mol. The number of halogens is 1. The van der Waals surface area contributed by atoms with Crippen LogP contribution in [-0.4, -0.2) is 55.8 Å². The minimum atomic E-state index is -3.08. The first kappa shape index (κ1) is 19.7. The normalized spacial score (nSPS) is 20.3. The van der Waals surface area contributed by atoms with Gasteiger partial charge < -0.3 is 10.2 Å². The Balaban J connectivity index is 2.10. The van der Waals surface area contributed by atoms with E-state index in [0.717, 1.165) is 0 Å². The first-order valence-corrected chi connectivity index (χ1v) is 10.3. The summed E-state index contributed by atoms with van der Waals surface area (Å²) in [7, 11) is -1.49. The van der Waals surface area contributed by atoms with Gasteiger partial charge in [-0.05, 0) is 36.6 Å². The molecule has 8 heteroatoms. The number of nitrogens with one attached hydrogen (secondary N) is 1. The maximum atomic E-state index is 12.8. The second kappa shape index (κ2) is 7.74. The van der Waals surface area contributed by atoms with Crippen molar-refractivity contribution < 1.29 is 18.0 Å². The molecule has 1 aromatic carbocycles. The number of hydrogen-bond acceptors (Lipinski definition) is 4. The number of hydrogen-bond donors (Lipinski definition) is 1. The molecule has 2 amide bonds. The van der Waals surface area contributed by atoms with Crippen molar-refractivity contribution in [2.75, 3.05) is 18.6 Å². The van der Waals surface area contributed by atoms with Crippen LogP contribution in [0, 0.1) is 5.92 Å². The first-order valence-electron chi connectivity index (χ1n) is 8.14. The topological polar surface area (TPSA) is 83.6 Å². The Labute approximate surface area is 153 Å². The quantitative estimate of drug-likeness (QED) is 0.835. The molecule has 2 rings (SSSR count). The van der Waals surface area contributed by atoms with E-state index < -0.39 is 15.9 Å². The molecule has 1 aromatic rings. The lowest BCUT2D eigenvalue weighted by Crippen LogP contribution is -2.52. The van der Waals surface area contributed by atoms with E-state index in [2.05, 4.69) is 5.32 Å². The number of nitrogens with zero attached hydrogens (tertiary/aromatic N) is 1. The molecule has 0 bridgehead atoms. The van der Waals surface area contributed by atoms with Gasteiger partial charge in [-0.2, -0.15) is 0 Å². The Kier molecular flexibility index (Phi) is 6.11. The number of amides is 2. The Bertz CT molecular complexity index is 746. The average molecular weight is 387 g/mol. The van der Waals surface area contributed by atoms with Crippen LogP contribution in [0.15, 0.2) is 24.3 Å². The van der Waals surface area contributed by atoms with Gasteiger partial charge in [-0.1, -0.05) is 25.4 Å². The van der Waals surface area contributed by atoms with E-state index in [1.165, 1.54) is 4.90 Å². The minimum Gasteiger partial charge on any atom is -0.340 e. The fourth-order valence-electron chi connectivity index (χ4n) is 2.82. The number of carbonyl (C=O) groups is 2. The summed E-state index contributed by atoms with van der Waals surface area (Å²) in [4.78, 5) is 26.7. The van der Waals surface area contributed by atoms with Crippen molar-refractivity contribution in [3.63, 3.8) is 0 Å². The highest BCUT2D eigenvalue weighted by Gasteiger charge is 2.36. The highest BCUT2D eigenvalue weighted by atomic mass is 35.5. The molecule has 0 aliphatic carbocycles. The van der Waals surface area contributed by atoms with Crippen LogP contribution in [0.1, 0.15) is 30.6 Å². The maximum Gasteiger partial charge on any atom is 0.251 e. The molecule has 1 aliphatic rings. The van der Waals surface area contributed by atoms with Crippen molar-refractivity contribution in [3.05, 3.63) is 34.9 Å². The summed E-state index contributed by atoms with van der Waals surface area (Å²) in [6, 6.07) is 5.33. The zero-order valence-electron chi connectivity index (χ0n) is 14.5. The van der Waals surface area contributed by atoms with E-state index in [-0.39, 0.29) is 35.3 Å². The third-order valence-corrected chi connectivity index (χ3v) is 6.43. The molecule has 0 saturated carbocycles. The number of sulfone groups is 1. The van der Waals surface area contributed by atoms with E-state index in [4.69, 9.17) is 11.6 Å². The average Bonchev–Trinajstić information content (AvgIpc) is 2.91. The maximum absolute atomic E-state index is 12.8. The molecule has 138 valence electrons. The SMILES string of the molecule is CC(C)C(NC(=O)c1ccc(Cl)cc1)C(=O)N(C)C1CCS(=O)(=O)C1. The summed E-state index contributed by atoms with van der Waals surface area (Å²) >= 11 is 5.82. The third kappa shape index (κ3) is 4.95. The lowest BCUT2D eigenvalue weighted by molar-refractivity contribution is -0.134. The summed E-state index contributed by atoms with van der Waals surface area (Å²) in [6.07, 6.45) is 0.431. The molecule has 1 heterocycles. The fourth-order valence-corrected chi connectivity index (χ4v) is 4.72. The lowest BCUT2D eigenvalue weighted by atomic mass is 10.0.